The van der Waals surface area contributed by atoms with Gasteiger partial charge in [-0.2, -0.15) is 0 Å². The molecule has 0 radical (unpaired) electrons. The molecule has 0 saturated heterocycles. The zero-order chi connectivity index (χ0) is 15.4. The number of hydrogen-bond donors (Lipinski definition) is 2. The van der Waals surface area contributed by atoms with Gasteiger partial charge in [-0.3, -0.25) is 4.79 Å². The molecule has 1 amide bonds. The van der Waals surface area contributed by atoms with Crippen molar-refractivity contribution in [3.63, 3.8) is 0 Å². The van der Waals surface area contributed by atoms with Gasteiger partial charge in [-0.25, -0.2) is 0 Å². The lowest BCUT2D eigenvalue weighted by Gasteiger charge is -2.13. The fourth-order valence-corrected chi connectivity index (χ4v) is 2.64. The van der Waals surface area contributed by atoms with Crippen molar-refractivity contribution in [3.8, 4) is 11.5 Å². The molecule has 1 unspecified atom stereocenters. The van der Waals surface area contributed by atoms with Gasteiger partial charge < -0.3 is 15.8 Å². The number of anilines is 1. The Balaban J connectivity index is 2.26. The van der Waals surface area contributed by atoms with Crippen LogP contribution in [0.1, 0.15) is 25.5 Å². The summed E-state index contributed by atoms with van der Waals surface area (Å²) in [5.74, 6) is 1.12. The Kier molecular flexibility index (Phi) is 4.98. The second-order valence-electron chi connectivity index (χ2n) is 4.75. The molecule has 5 heteroatoms. The van der Waals surface area contributed by atoms with Crippen LogP contribution in [0.4, 0.5) is 5.69 Å². The van der Waals surface area contributed by atoms with Crippen molar-refractivity contribution in [1.29, 1.82) is 0 Å². The zero-order valence-corrected chi connectivity index (χ0v) is 13.5. The number of hydrogen-bond acceptors (Lipinski definition) is 3. The highest BCUT2D eigenvalue weighted by Crippen LogP contribution is 2.32. The summed E-state index contributed by atoms with van der Waals surface area (Å²) in [7, 11) is 0. The molecule has 0 aliphatic rings. The molecule has 0 bridgehead atoms. The van der Waals surface area contributed by atoms with Crippen LogP contribution in [-0.4, -0.2) is 5.91 Å². The molecule has 4 nitrogen and oxygen atoms in total. The molecule has 110 valence electrons. The second kappa shape index (κ2) is 6.74. The van der Waals surface area contributed by atoms with Crippen molar-refractivity contribution in [3.05, 3.63) is 52.5 Å². The van der Waals surface area contributed by atoms with Gasteiger partial charge in [0.1, 0.15) is 5.75 Å². The highest BCUT2D eigenvalue weighted by molar-refractivity contribution is 9.10. The fraction of sp³-hybridized carbons (Fsp3) is 0.188. The van der Waals surface area contributed by atoms with Gasteiger partial charge in [0.15, 0.2) is 5.75 Å². The SMILES string of the molecule is CC(=O)Nc1ccccc1Oc1ccc(C(C)N)c(Br)c1. The van der Waals surface area contributed by atoms with Crippen molar-refractivity contribution >= 4 is 27.5 Å². The van der Waals surface area contributed by atoms with Gasteiger partial charge in [0.25, 0.3) is 0 Å². The molecular formula is C16H17BrN2O2. The zero-order valence-electron chi connectivity index (χ0n) is 11.9. The van der Waals surface area contributed by atoms with Gasteiger partial charge in [0.05, 0.1) is 5.69 Å². The minimum Gasteiger partial charge on any atom is -0.455 e. The number of carbonyl (C=O) groups excluding carboxylic acids is 1. The van der Waals surface area contributed by atoms with E-state index in [-0.39, 0.29) is 11.9 Å². The number of amides is 1. The van der Waals surface area contributed by atoms with E-state index >= 15 is 0 Å². The van der Waals surface area contributed by atoms with Crippen LogP contribution in [-0.2, 0) is 4.79 Å². The maximum absolute atomic E-state index is 11.2. The van der Waals surface area contributed by atoms with E-state index in [0.29, 0.717) is 17.2 Å². The van der Waals surface area contributed by atoms with E-state index in [0.717, 1.165) is 10.0 Å². The molecule has 0 saturated carbocycles. The molecule has 0 aliphatic heterocycles. The van der Waals surface area contributed by atoms with Gasteiger partial charge >= 0.3 is 0 Å². The minimum atomic E-state index is -0.139. The highest BCUT2D eigenvalue weighted by Gasteiger charge is 2.09. The molecule has 2 rings (SSSR count). The van der Waals surface area contributed by atoms with Crippen LogP contribution in [0, 0.1) is 0 Å². The number of nitrogens with one attached hydrogen (secondary N) is 1. The van der Waals surface area contributed by atoms with Crippen LogP contribution in [0.2, 0.25) is 0 Å². The van der Waals surface area contributed by atoms with Crippen LogP contribution in [0.5, 0.6) is 11.5 Å². The normalized spacial score (nSPS) is 11.8. The molecule has 0 aromatic heterocycles. The number of halogens is 1. The van der Waals surface area contributed by atoms with Crippen LogP contribution in [0.3, 0.4) is 0 Å². The molecule has 0 spiro atoms. The van der Waals surface area contributed by atoms with Gasteiger partial charge in [0, 0.05) is 17.4 Å². The summed E-state index contributed by atoms with van der Waals surface area (Å²) in [5, 5.41) is 2.74. The first-order valence-corrected chi connectivity index (χ1v) is 7.36. The van der Waals surface area contributed by atoms with Gasteiger partial charge in [-0.05, 0) is 36.8 Å². The third-order valence-electron chi connectivity index (χ3n) is 2.89. The third kappa shape index (κ3) is 4.06. The third-order valence-corrected chi connectivity index (χ3v) is 3.57. The topological polar surface area (TPSA) is 64.3 Å². The van der Waals surface area contributed by atoms with Crippen LogP contribution < -0.4 is 15.8 Å². The lowest BCUT2D eigenvalue weighted by atomic mass is 10.1. The number of ether oxygens (including phenoxy) is 1. The van der Waals surface area contributed by atoms with E-state index in [1.54, 1.807) is 12.1 Å². The summed E-state index contributed by atoms with van der Waals surface area (Å²) >= 11 is 3.49. The molecule has 0 heterocycles. The molecule has 2 aromatic rings. The largest absolute Gasteiger partial charge is 0.455 e. The van der Waals surface area contributed by atoms with Gasteiger partial charge in [-0.1, -0.05) is 34.1 Å². The predicted molar refractivity (Wildman–Crippen MR) is 87.6 cm³/mol. The summed E-state index contributed by atoms with van der Waals surface area (Å²) in [4.78, 5) is 11.2. The van der Waals surface area contributed by atoms with E-state index in [4.69, 9.17) is 10.5 Å². The van der Waals surface area contributed by atoms with Crippen molar-refractivity contribution in [2.45, 2.75) is 19.9 Å². The van der Waals surface area contributed by atoms with Gasteiger partial charge in [-0.15, -0.1) is 0 Å². The first kappa shape index (κ1) is 15.5. The summed E-state index contributed by atoms with van der Waals surface area (Å²) in [6.07, 6.45) is 0. The Morgan fingerprint density at radius 2 is 2.00 bits per heavy atom. The molecular weight excluding hydrogens is 332 g/mol. The van der Waals surface area contributed by atoms with Crippen LogP contribution >= 0.6 is 15.9 Å². The average molecular weight is 349 g/mol. The minimum absolute atomic E-state index is 0.0555. The maximum Gasteiger partial charge on any atom is 0.221 e. The average Bonchev–Trinajstić information content (AvgIpc) is 2.40. The Hall–Kier alpha value is -1.85. The number of rotatable bonds is 4. The van der Waals surface area contributed by atoms with Gasteiger partial charge in [0.2, 0.25) is 5.91 Å². The fourth-order valence-electron chi connectivity index (χ4n) is 1.92. The monoisotopic (exact) mass is 348 g/mol. The van der Waals surface area contributed by atoms with E-state index in [2.05, 4.69) is 21.2 Å². The Morgan fingerprint density at radius 1 is 1.29 bits per heavy atom. The highest BCUT2D eigenvalue weighted by atomic mass is 79.9. The van der Waals surface area contributed by atoms with Crippen molar-refractivity contribution in [2.24, 2.45) is 5.73 Å². The maximum atomic E-state index is 11.2. The summed E-state index contributed by atoms with van der Waals surface area (Å²) in [5.41, 5.74) is 7.53. The molecule has 0 fully saturated rings. The quantitative estimate of drug-likeness (QED) is 0.869. The summed E-state index contributed by atoms with van der Waals surface area (Å²) < 4.78 is 6.74. The number of para-hydroxylation sites is 2. The number of benzene rings is 2. The first-order chi connectivity index (χ1) is 9.97. The number of nitrogens with two attached hydrogens (primary N) is 1. The molecule has 3 N–H and O–H groups in total. The predicted octanol–water partition coefficient (Wildman–Crippen LogP) is 4.22. The smallest absolute Gasteiger partial charge is 0.221 e. The Bertz CT molecular complexity index is 656. The van der Waals surface area contributed by atoms with E-state index in [1.807, 2.05) is 37.3 Å². The lowest BCUT2D eigenvalue weighted by molar-refractivity contribution is -0.114. The number of carbonyl (C=O) groups is 1. The standard InChI is InChI=1S/C16H17BrN2O2/c1-10(18)13-8-7-12(9-14(13)17)21-16-6-4-3-5-15(16)19-11(2)20/h3-10H,18H2,1-2H3,(H,19,20). The first-order valence-electron chi connectivity index (χ1n) is 6.57. The Labute approximate surface area is 132 Å². The van der Waals surface area contributed by atoms with Crippen molar-refractivity contribution in [2.75, 3.05) is 5.32 Å². The molecule has 1 atom stereocenters. The van der Waals surface area contributed by atoms with Crippen molar-refractivity contribution < 1.29 is 9.53 Å². The summed E-state index contributed by atoms with van der Waals surface area (Å²) in [6.45, 7) is 3.39. The summed E-state index contributed by atoms with van der Waals surface area (Å²) in [6, 6.07) is 12.9. The van der Waals surface area contributed by atoms with Crippen molar-refractivity contribution in [1.82, 2.24) is 0 Å². The van der Waals surface area contributed by atoms with E-state index in [1.165, 1.54) is 6.92 Å². The second-order valence-corrected chi connectivity index (χ2v) is 5.61. The molecule has 21 heavy (non-hydrogen) atoms. The van der Waals surface area contributed by atoms with Crippen LogP contribution in [0.25, 0.3) is 0 Å². The Morgan fingerprint density at radius 3 is 2.62 bits per heavy atom. The van der Waals surface area contributed by atoms with E-state index in [9.17, 15) is 4.79 Å². The lowest BCUT2D eigenvalue weighted by Crippen LogP contribution is -2.07. The van der Waals surface area contributed by atoms with Crippen LogP contribution in [0.15, 0.2) is 46.9 Å². The molecule has 2 aromatic carbocycles. The molecule has 0 aliphatic carbocycles. The van der Waals surface area contributed by atoms with E-state index < -0.39 is 0 Å².